The zero-order chi connectivity index (χ0) is 18.0. The van der Waals surface area contributed by atoms with Gasteiger partial charge in [0.15, 0.2) is 0 Å². The van der Waals surface area contributed by atoms with Crippen LogP contribution in [0.2, 0.25) is 0 Å². The maximum absolute atomic E-state index is 12.7. The molecule has 3 heterocycles. The molecule has 0 radical (unpaired) electrons. The Morgan fingerprint density at radius 2 is 2.12 bits per heavy atom. The van der Waals surface area contributed by atoms with Gasteiger partial charge in [0.25, 0.3) is 5.56 Å². The van der Waals surface area contributed by atoms with Crippen molar-refractivity contribution < 1.29 is 9.53 Å². The molecule has 0 aromatic carbocycles. The van der Waals surface area contributed by atoms with Crippen molar-refractivity contribution in [1.29, 1.82) is 0 Å². The van der Waals surface area contributed by atoms with Crippen molar-refractivity contribution in [2.24, 2.45) is 0 Å². The number of aromatic nitrogens is 2. The lowest BCUT2D eigenvalue weighted by Crippen LogP contribution is -2.62. The zero-order valence-electron chi connectivity index (χ0n) is 15.4. The number of carbonyl (C=O) groups is 1. The highest BCUT2D eigenvalue weighted by Gasteiger charge is 2.36. The summed E-state index contributed by atoms with van der Waals surface area (Å²) in [5.74, 6) is 0.574. The molecular formula is C18H28N4O3. The molecule has 0 aliphatic carbocycles. The molecule has 0 spiro atoms. The average molecular weight is 348 g/mol. The number of nitrogens with zero attached hydrogens (tertiary/aromatic N) is 3. The van der Waals surface area contributed by atoms with Crippen LogP contribution in [0.25, 0.3) is 0 Å². The first-order valence-electron chi connectivity index (χ1n) is 9.17. The summed E-state index contributed by atoms with van der Waals surface area (Å²) >= 11 is 0. The standard InChI is InChI=1S/C18H28N4O3/c1-4-5-14-10-25-11-15-9-21(6-7-22(14)15)17(23)8-16-12(2)19-13(3)20-18(16)24/h14-15H,4-11H2,1-3H3,(H,19,20,24)/t14-,15+/m0/s1. The van der Waals surface area contributed by atoms with Gasteiger partial charge in [0.2, 0.25) is 5.91 Å². The second kappa shape index (κ2) is 7.66. The van der Waals surface area contributed by atoms with E-state index in [0.717, 1.165) is 26.0 Å². The average Bonchev–Trinajstić information content (AvgIpc) is 2.58. The van der Waals surface area contributed by atoms with Crippen LogP contribution in [-0.4, -0.2) is 70.6 Å². The molecule has 2 atom stereocenters. The lowest BCUT2D eigenvalue weighted by molar-refractivity contribution is -0.139. The highest BCUT2D eigenvalue weighted by molar-refractivity contribution is 5.79. The fourth-order valence-corrected chi connectivity index (χ4v) is 3.97. The molecule has 2 aliphatic rings. The normalized spacial score (nSPS) is 24.2. The molecule has 0 bridgehead atoms. The first-order chi connectivity index (χ1) is 12.0. The second-order valence-electron chi connectivity index (χ2n) is 7.10. The van der Waals surface area contributed by atoms with Crippen molar-refractivity contribution in [2.45, 2.75) is 52.1 Å². The predicted octanol–water partition coefficient (Wildman–Crippen LogP) is 0.641. The number of fused-ring (bicyclic) bond motifs is 1. The monoisotopic (exact) mass is 348 g/mol. The van der Waals surface area contributed by atoms with Gasteiger partial charge in [-0.1, -0.05) is 13.3 Å². The summed E-state index contributed by atoms with van der Waals surface area (Å²) in [6, 6.07) is 0.728. The van der Waals surface area contributed by atoms with E-state index in [1.165, 1.54) is 0 Å². The minimum Gasteiger partial charge on any atom is -0.378 e. The highest BCUT2D eigenvalue weighted by atomic mass is 16.5. The molecule has 2 saturated heterocycles. The number of morpholine rings is 1. The summed E-state index contributed by atoms with van der Waals surface area (Å²) in [5.41, 5.74) is 0.903. The molecule has 138 valence electrons. The molecular weight excluding hydrogens is 320 g/mol. The van der Waals surface area contributed by atoms with Crippen LogP contribution in [0.15, 0.2) is 4.79 Å². The zero-order valence-corrected chi connectivity index (χ0v) is 15.4. The number of nitrogens with one attached hydrogen (secondary N) is 1. The van der Waals surface area contributed by atoms with E-state index in [1.54, 1.807) is 13.8 Å². The number of piperazine rings is 1. The van der Waals surface area contributed by atoms with Gasteiger partial charge >= 0.3 is 0 Å². The SMILES string of the molecule is CCC[C@H]1COC[C@H]2CN(C(=O)Cc3c(C)nc(C)[nH]c3=O)CCN12. The van der Waals surface area contributed by atoms with Gasteiger partial charge in [-0.15, -0.1) is 0 Å². The number of ether oxygens (including phenoxy) is 1. The lowest BCUT2D eigenvalue weighted by atomic mass is 10.0. The van der Waals surface area contributed by atoms with Gasteiger partial charge in [-0.2, -0.15) is 0 Å². The third-order valence-electron chi connectivity index (χ3n) is 5.26. The van der Waals surface area contributed by atoms with E-state index in [9.17, 15) is 9.59 Å². The Morgan fingerprint density at radius 1 is 1.32 bits per heavy atom. The fourth-order valence-electron chi connectivity index (χ4n) is 3.97. The number of carbonyl (C=O) groups excluding carboxylic acids is 1. The number of aryl methyl sites for hydroxylation is 2. The summed E-state index contributed by atoms with van der Waals surface area (Å²) in [7, 11) is 0. The van der Waals surface area contributed by atoms with Crippen molar-refractivity contribution in [2.75, 3.05) is 32.8 Å². The number of hydrogen-bond donors (Lipinski definition) is 1. The van der Waals surface area contributed by atoms with Crippen LogP contribution < -0.4 is 5.56 Å². The quantitative estimate of drug-likeness (QED) is 0.864. The number of H-pyrrole nitrogens is 1. The first-order valence-corrected chi connectivity index (χ1v) is 9.17. The van der Waals surface area contributed by atoms with Crippen molar-refractivity contribution in [3.05, 3.63) is 27.4 Å². The van der Waals surface area contributed by atoms with E-state index >= 15 is 0 Å². The molecule has 7 nitrogen and oxygen atoms in total. The Labute approximate surface area is 148 Å². The van der Waals surface area contributed by atoms with E-state index in [-0.39, 0.29) is 23.9 Å². The predicted molar refractivity (Wildman–Crippen MR) is 94.6 cm³/mol. The molecule has 2 aliphatic heterocycles. The molecule has 2 fully saturated rings. The topological polar surface area (TPSA) is 78.5 Å². The molecule has 3 rings (SSSR count). The Morgan fingerprint density at radius 3 is 2.84 bits per heavy atom. The molecule has 1 N–H and O–H groups in total. The minimum atomic E-state index is -0.207. The van der Waals surface area contributed by atoms with Gasteiger partial charge in [0, 0.05) is 36.9 Å². The molecule has 25 heavy (non-hydrogen) atoms. The minimum absolute atomic E-state index is 0.00322. The van der Waals surface area contributed by atoms with Gasteiger partial charge in [0.05, 0.1) is 25.7 Å². The van der Waals surface area contributed by atoms with E-state index in [0.29, 0.717) is 42.8 Å². The number of amides is 1. The Bertz CT molecular complexity index is 685. The maximum Gasteiger partial charge on any atom is 0.254 e. The van der Waals surface area contributed by atoms with Gasteiger partial charge in [0.1, 0.15) is 5.82 Å². The largest absolute Gasteiger partial charge is 0.378 e. The van der Waals surface area contributed by atoms with Gasteiger partial charge in [-0.3, -0.25) is 14.5 Å². The van der Waals surface area contributed by atoms with Crippen LogP contribution >= 0.6 is 0 Å². The molecule has 7 heteroatoms. The van der Waals surface area contributed by atoms with E-state index < -0.39 is 0 Å². The lowest BCUT2D eigenvalue weighted by Gasteiger charge is -2.48. The van der Waals surface area contributed by atoms with Crippen LogP contribution in [-0.2, 0) is 16.0 Å². The summed E-state index contributed by atoms with van der Waals surface area (Å²) < 4.78 is 5.76. The van der Waals surface area contributed by atoms with Crippen LogP contribution in [0, 0.1) is 13.8 Å². The summed E-state index contributed by atoms with van der Waals surface area (Å²) in [5, 5.41) is 0. The van der Waals surface area contributed by atoms with Gasteiger partial charge < -0.3 is 14.6 Å². The number of hydrogen-bond acceptors (Lipinski definition) is 5. The number of rotatable bonds is 4. The van der Waals surface area contributed by atoms with Crippen LogP contribution in [0.1, 0.15) is 36.8 Å². The maximum atomic E-state index is 12.7. The van der Waals surface area contributed by atoms with Crippen molar-refractivity contribution in [1.82, 2.24) is 19.8 Å². The molecule has 1 aromatic heterocycles. The Balaban J connectivity index is 1.66. The third-order valence-corrected chi connectivity index (χ3v) is 5.26. The second-order valence-corrected chi connectivity index (χ2v) is 7.10. The van der Waals surface area contributed by atoms with Gasteiger partial charge in [-0.05, 0) is 20.3 Å². The molecule has 1 aromatic rings. The third kappa shape index (κ3) is 3.93. The van der Waals surface area contributed by atoms with Crippen LogP contribution in [0.3, 0.4) is 0 Å². The van der Waals surface area contributed by atoms with E-state index in [2.05, 4.69) is 21.8 Å². The highest BCUT2D eigenvalue weighted by Crippen LogP contribution is 2.22. The summed E-state index contributed by atoms with van der Waals surface area (Å²) in [6.45, 7) is 9.46. The molecule has 0 saturated carbocycles. The first kappa shape index (κ1) is 18.1. The Hall–Kier alpha value is -1.73. The van der Waals surface area contributed by atoms with Crippen LogP contribution in [0.4, 0.5) is 0 Å². The van der Waals surface area contributed by atoms with E-state index in [1.807, 2.05) is 4.90 Å². The fraction of sp³-hybridized carbons (Fsp3) is 0.722. The summed E-state index contributed by atoms with van der Waals surface area (Å²) in [4.78, 5) is 36.2. The molecule has 1 amide bonds. The smallest absolute Gasteiger partial charge is 0.254 e. The van der Waals surface area contributed by atoms with Crippen LogP contribution in [0.5, 0.6) is 0 Å². The molecule has 0 unspecified atom stereocenters. The van der Waals surface area contributed by atoms with E-state index in [4.69, 9.17) is 4.74 Å². The van der Waals surface area contributed by atoms with Crippen molar-refractivity contribution >= 4 is 5.91 Å². The van der Waals surface area contributed by atoms with Crippen molar-refractivity contribution in [3.8, 4) is 0 Å². The summed E-state index contributed by atoms with van der Waals surface area (Å²) in [6.07, 6.45) is 2.39. The number of aromatic amines is 1. The Kier molecular flexibility index (Phi) is 5.54. The van der Waals surface area contributed by atoms with Crippen molar-refractivity contribution in [3.63, 3.8) is 0 Å². The van der Waals surface area contributed by atoms with Gasteiger partial charge in [-0.25, -0.2) is 4.98 Å².